The van der Waals surface area contributed by atoms with Gasteiger partial charge in [-0.15, -0.1) is 0 Å². The highest BCUT2D eigenvalue weighted by atomic mass is 32.2. The Morgan fingerprint density at radius 1 is 1.12 bits per heavy atom. The van der Waals surface area contributed by atoms with Crippen molar-refractivity contribution in [3.63, 3.8) is 0 Å². The van der Waals surface area contributed by atoms with Crippen molar-refractivity contribution in [2.45, 2.75) is 35.6 Å². The minimum absolute atomic E-state index is 0.0196. The third-order valence-corrected chi connectivity index (χ3v) is 5.30. The van der Waals surface area contributed by atoms with E-state index in [0.29, 0.717) is 13.0 Å². The van der Waals surface area contributed by atoms with Gasteiger partial charge in [-0.2, -0.15) is 0 Å². The molecule has 4 nitrogen and oxygen atoms in total. The summed E-state index contributed by atoms with van der Waals surface area (Å²) in [6.45, 7) is 2.55. The number of benzene rings is 2. The number of amides is 1. The van der Waals surface area contributed by atoms with E-state index in [1.807, 2.05) is 31.2 Å². The van der Waals surface area contributed by atoms with Crippen LogP contribution >= 0.6 is 11.8 Å². The van der Waals surface area contributed by atoms with Crippen LogP contribution in [0.15, 0.2) is 58.3 Å². The van der Waals surface area contributed by atoms with Gasteiger partial charge in [0, 0.05) is 22.8 Å². The van der Waals surface area contributed by atoms with Gasteiger partial charge in [-0.05, 0) is 30.7 Å². The van der Waals surface area contributed by atoms with Crippen LogP contribution in [0.25, 0.3) is 0 Å². The molecule has 1 heterocycles. The van der Waals surface area contributed by atoms with Crippen LogP contribution in [0.3, 0.4) is 0 Å². The molecule has 0 fully saturated rings. The number of anilines is 2. The maximum atomic E-state index is 12.2. The highest BCUT2D eigenvalue weighted by molar-refractivity contribution is 7.99. The normalized spacial score (nSPS) is 13.8. The molecule has 24 heavy (non-hydrogen) atoms. The first kappa shape index (κ1) is 16.9. The van der Waals surface area contributed by atoms with Gasteiger partial charge in [0.2, 0.25) is 5.91 Å². The number of rotatable bonds is 6. The number of hydrogen-bond acceptors (Lipinski definition) is 4. The van der Waals surface area contributed by atoms with E-state index in [-0.39, 0.29) is 18.6 Å². The molecule has 5 heteroatoms. The molecule has 126 valence electrons. The number of para-hydroxylation sites is 2. The summed E-state index contributed by atoms with van der Waals surface area (Å²) in [5.41, 5.74) is 2.28. The highest BCUT2D eigenvalue weighted by Gasteiger charge is 2.23. The van der Waals surface area contributed by atoms with E-state index in [0.717, 1.165) is 17.8 Å². The number of hydrogen-bond donors (Lipinski definition) is 2. The van der Waals surface area contributed by atoms with Crippen molar-refractivity contribution < 1.29 is 9.90 Å². The molecule has 0 spiro atoms. The largest absolute Gasteiger partial charge is 0.394 e. The molecule has 0 aromatic heterocycles. The molecular formula is C19H22N2O2S. The molecule has 0 radical (unpaired) electrons. The Kier molecular flexibility index (Phi) is 5.43. The number of aliphatic hydroxyl groups excluding tert-OH is 1. The SMILES string of the molecule is CCC(CO)NC(=O)CCN1c2ccccc2Sc2ccccc21. The second-order valence-corrected chi connectivity index (χ2v) is 6.88. The summed E-state index contributed by atoms with van der Waals surface area (Å²) in [5.74, 6) is -0.0240. The zero-order chi connectivity index (χ0) is 16.9. The fourth-order valence-electron chi connectivity index (χ4n) is 2.81. The lowest BCUT2D eigenvalue weighted by Crippen LogP contribution is -2.38. The number of nitrogens with one attached hydrogen (secondary N) is 1. The Labute approximate surface area is 146 Å². The summed E-state index contributed by atoms with van der Waals surface area (Å²) in [4.78, 5) is 16.8. The van der Waals surface area contributed by atoms with Crippen LogP contribution in [0.2, 0.25) is 0 Å². The van der Waals surface area contributed by atoms with E-state index in [9.17, 15) is 9.90 Å². The van der Waals surface area contributed by atoms with Gasteiger partial charge in [-0.3, -0.25) is 4.79 Å². The molecule has 2 aromatic carbocycles. The lowest BCUT2D eigenvalue weighted by Gasteiger charge is -2.32. The van der Waals surface area contributed by atoms with E-state index in [4.69, 9.17) is 0 Å². The Morgan fingerprint density at radius 3 is 2.25 bits per heavy atom. The van der Waals surface area contributed by atoms with Crippen LogP contribution in [-0.2, 0) is 4.79 Å². The number of fused-ring (bicyclic) bond motifs is 2. The summed E-state index contributed by atoms with van der Waals surface area (Å²) in [6.07, 6.45) is 1.12. The third-order valence-electron chi connectivity index (χ3n) is 4.17. The van der Waals surface area contributed by atoms with Gasteiger partial charge < -0.3 is 15.3 Å². The van der Waals surface area contributed by atoms with Crippen molar-refractivity contribution in [1.82, 2.24) is 5.32 Å². The van der Waals surface area contributed by atoms with Crippen LogP contribution < -0.4 is 10.2 Å². The minimum Gasteiger partial charge on any atom is -0.394 e. The summed E-state index contributed by atoms with van der Waals surface area (Å²) in [6, 6.07) is 16.4. The van der Waals surface area contributed by atoms with E-state index in [1.54, 1.807) is 11.8 Å². The first-order valence-electron chi connectivity index (χ1n) is 8.26. The Hall–Kier alpha value is -1.98. The predicted molar refractivity (Wildman–Crippen MR) is 97.9 cm³/mol. The van der Waals surface area contributed by atoms with Gasteiger partial charge in [0.25, 0.3) is 0 Å². The topological polar surface area (TPSA) is 52.6 Å². The minimum atomic E-state index is -0.158. The monoisotopic (exact) mass is 342 g/mol. The molecule has 2 aromatic rings. The average molecular weight is 342 g/mol. The molecule has 1 amide bonds. The van der Waals surface area contributed by atoms with Gasteiger partial charge >= 0.3 is 0 Å². The summed E-state index contributed by atoms with van der Waals surface area (Å²) >= 11 is 1.76. The van der Waals surface area contributed by atoms with E-state index < -0.39 is 0 Å². The molecule has 1 unspecified atom stereocenters. The van der Waals surface area contributed by atoms with Crippen LogP contribution in [0.1, 0.15) is 19.8 Å². The fraction of sp³-hybridized carbons (Fsp3) is 0.316. The van der Waals surface area contributed by atoms with Gasteiger partial charge in [0.1, 0.15) is 0 Å². The summed E-state index contributed by atoms with van der Waals surface area (Å²) in [5, 5.41) is 12.1. The molecule has 0 saturated heterocycles. The number of aliphatic hydroxyl groups is 1. The van der Waals surface area contributed by atoms with E-state index >= 15 is 0 Å². The maximum Gasteiger partial charge on any atom is 0.222 e. The molecule has 0 aliphatic carbocycles. The van der Waals surface area contributed by atoms with Crippen LogP contribution in [0.4, 0.5) is 11.4 Å². The van der Waals surface area contributed by atoms with Gasteiger partial charge in [0.15, 0.2) is 0 Å². The Balaban J connectivity index is 1.77. The van der Waals surface area contributed by atoms with Gasteiger partial charge in [-0.1, -0.05) is 43.0 Å². The number of nitrogens with zero attached hydrogens (tertiary/aromatic N) is 1. The molecule has 1 aliphatic heterocycles. The zero-order valence-corrected chi connectivity index (χ0v) is 14.6. The van der Waals surface area contributed by atoms with E-state index in [2.05, 4.69) is 34.5 Å². The summed E-state index contributed by atoms with van der Waals surface area (Å²) < 4.78 is 0. The molecule has 1 atom stereocenters. The molecule has 3 rings (SSSR count). The quantitative estimate of drug-likeness (QED) is 0.843. The molecule has 0 saturated carbocycles. The lowest BCUT2D eigenvalue weighted by atomic mass is 10.2. The number of carbonyl (C=O) groups is 1. The Bertz CT molecular complexity index is 671. The van der Waals surface area contributed by atoms with Crippen molar-refractivity contribution in [1.29, 1.82) is 0 Å². The van der Waals surface area contributed by atoms with Crippen LogP contribution in [0, 0.1) is 0 Å². The summed E-state index contributed by atoms with van der Waals surface area (Å²) in [7, 11) is 0. The second kappa shape index (κ2) is 7.73. The van der Waals surface area contributed by atoms with Crippen molar-refractivity contribution in [2.75, 3.05) is 18.1 Å². The lowest BCUT2D eigenvalue weighted by molar-refractivity contribution is -0.121. The van der Waals surface area contributed by atoms with Crippen molar-refractivity contribution >= 4 is 29.0 Å². The van der Waals surface area contributed by atoms with Crippen molar-refractivity contribution in [3.05, 3.63) is 48.5 Å². The molecule has 0 bridgehead atoms. The first-order chi connectivity index (χ1) is 11.7. The smallest absolute Gasteiger partial charge is 0.222 e. The van der Waals surface area contributed by atoms with Crippen molar-refractivity contribution in [3.8, 4) is 0 Å². The third kappa shape index (κ3) is 3.57. The Morgan fingerprint density at radius 2 is 1.71 bits per heavy atom. The standard InChI is InChI=1S/C19H22N2O2S/c1-2-14(13-22)20-19(23)11-12-21-15-7-3-5-9-17(15)24-18-10-6-4-8-16(18)21/h3-10,14,22H,2,11-13H2,1H3,(H,20,23). The molecule has 2 N–H and O–H groups in total. The maximum absolute atomic E-state index is 12.2. The average Bonchev–Trinajstić information content (AvgIpc) is 2.63. The highest BCUT2D eigenvalue weighted by Crippen LogP contribution is 2.47. The zero-order valence-electron chi connectivity index (χ0n) is 13.7. The van der Waals surface area contributed by atoms with Crippen LogP contribution in [-0.4, -0.2) is 30.2 Å². The second-order valence-electron chi connectivity index (χ2n) is 5.79. The van der Waals surface area contributed by atoms with Gasteiger partial charge in [-0.25, -0.2) is 0 Å². The fourth-order valence-corrected chi connectivity index (χ4v) is 3.91. The van der Waals surface area contributed by atoms with E-state index in [1.165, 1.54) is 9.79 Å². The number of carbonyl (C=O) groups excluding carboxylic acids is 1. The van der Waals surface area contributed by atoms with Gasteiger partial charge in [0.05, 0.1) is 24.0 Å². The van der Waals surface area contributed by atoms with Crippen molar-refractivity contribution in [2.24, 2.45) is 0 Å². The molecule has 1 aliphatic rings. The first-order valence-corrected chi connectivity index (χ1v) is 9.08. The van der Waals surface area contributed by atoms with Crippen LogP contribution in [0.5, 0.6) is 0 Å². The predicted octanol–water partition coefficient (Wildman–Crippen LogP) is 3.57. The molecular weight excluding hydrogens is 320 g/mol.